The van der Waals surface area contributed by atoms with Crippen LogP contribution in [-0.4, -0.2) is 27.9 Å². The average Bonchev–Trinajstić information content (AvgIpc) is 2.57. The highest BCUT2D eigenvalue weighted by atomic mass is 32.2. The van der Waals surface area contributed by atoms with Crippen LogP contribution in [0.4, 0.5) is 8.78 Å². The van der Waals surface area contributed by atoms with E-state index in [-0.39, 0.29) is 10.6 Å². The van der Waals surface area contributed by atoms with Crippen LogP contribution in [0.1, 0.15) is 12.5 Å². The summed E-state index contributed by atoms with van der Waals surface area (Å²) in [6.07, 6.45) is 1.25. The highest BCUT2D eigenvalue weighted by Gasteiger charge is 2.12. The van der Waals surface area contributed by atoms with Gasteiger partial charge in [0, 0.05) is 0 Å². The Hall–Kier alpha value is -2.68. The first-order valence-corrected chi connectivity index (χ1v) is 8.71. The lowest BCUT2D eigenvalue weighted by atomic mass is 10.2. The van der Waals surface area contributed by atoms with E-state index >= 15 is 0 Å². The fourth-order valence-corrected chi connectivity index (χ4v) is 2.63. The summed E-state index contributed by atoms with van der Waals surface area (Å²) < 4.78 is 57.8. The lowest BCUT2D eigenvalue weighted by Crippen LogP contribution is -2.18. The molecular formula is C16H16F2N2O4S. The van der Waals surface area contributed by atoms with Crippen LogP contribution in [0.25, 0.3) is 0 Å². The van der Waals surface area contributed by atoms with Crippen LogP contribution in [0.15, 0.2) is 58.5 Å². The minimum absolute atomic E-state index is 0.00196. The van der Waals surface area contributed by atoms with E-state index in [4.69, 9.17) is 4.74 Å². The summed E-state index contributed by atoms with van der Waals surface area (Å²) in [6.45, 7) is -0.594. The molecule has 0 bridgehead atoms. The first-order chi connectivity index (χ1) is 11.9. The third-order valence-corrected chi connectivity index (χ3v) is 4.18. The maximum Gasteiger partial charge on any atom is 0.387 e. The molecule has 0 spiro atoms. The normalized spacial score (nSPS) is 11.7. The van der Waals surface area contributed by atoms with Gasteiger partial charge in [-0.25, -0.2) is 4.83 Å². The molecule has 0 atom stereocenters. The average molecular weight is 370 g/mol. The van der Waals surface area contributed by atoms with Crippen LogP contribution in [-0.2, 0) is 10.0 Å². The molecular weight excluding hydrogens is 354 g/mol. The number of hydrazone groups is 1. The van der Waals surface area contributed by atoms with Crippen LogP contribution in [0, 0.1) is 0 Å². The van der Waals surface area contributed by atoms with Gasteiger partial charge in [-0.1, -0.05) is 0 Å². The Morgan fingerprint density at radius 2 is 1.68 bits per heavy atom. The molecule has 2 aromatic carbocycles. The van der Waals surface area contributed by atoms with Crippen molar-refractivity contribution >= 4 is 16.2 Å². The van der Waals surface area contributed by atoms with Gasteiger partial charge in [-0.15, -0.1) is 0 Å². The second kappa shape index (κ2) is 8.43. The number of nitrogens with zero attached hydrogens (tertiary/aromatic N) is 1. The molecule has 9 heteroatoms. The lowest BCUT2D eigenvalue weighted by Gasteiger charge is -2.06. The van der Waals surface area contributed by atoms with Crippen molar-refractivity contribution in [1.29, 1.82) is 0 Å². The molecule has 0 saturated carbocycles. The topological polar surface area (TPSA) is 77.0 Å². The van der Waals surface area contributed by atoms with Crippen molar-refractivity contribution in [2.45, 2.75) is 18.4 Å². The zero-order chi connectivity index (χ0) is 18.3. The molecule has 6 nitrogen and oxygen atoms in total. The van der Waals surface area contributed by atoms with E-state index in [1.165, 1.54) is 42.6 Å². The van der Waals surface area contributed by atoms with Gasteiger partial charge < -0.3 is 9.47 Å². The number of rotatable bonds is 8. The summed E-state index contributed by atoms with van der Waals surface area (Å²) >= 11 is 0. The van der Waals surface area contributed by atoms with E-state index in [1.807, 2.05) is 6.92 Å². The minimum Gasteiger partial charge on any atom is -0.494 e. The molecule has 0 aliphatic rings. The molecule has 25 heavy (non-hydrogen) atoms. The summed E-state index contributed by atoms with van der Waals surface area (Å²) in [7, 11) is -3.81. The molecule has 1 N–H and O–H groups in total. The number of sulfonamides is 1. The standard InChI is InChI=1S/C16H16F2N2O4S/c1-2-23-13-7-9-15(10-8-13)25(21,22)20-19-11-12-3-5-14(6-4-12)24-16(17)18/h3-11,16,20H,2H2,1H3/b19-11+. The van der Waals surface area contributed by atoms with Crippen LogP contribution >= 0.6 is 0 Å². The Kier molecular flexibility index (Phi) is 6.29. The quantitative estimate of drug-likeness (QED) is 0.572. The van der Waals surface area contributed by atoms with Crippen molar-refractivity contribution in [2.24, 2.45) is 5.10 Å². The van der Waals surface area contributed by atoms with Gasteiger partial charge >= 0.3 is 6.61 Å². The number of nitrogens with one attached hydrogen (secondary N) is 1. The minimum atomic E-state index is -3.81. The monoisotopic (exact) mass is 370 g/mol. The van der Waals surface area contributed by atoms with Crippen molar-refractivity contribution in [3.63, 3.8) is 0 Å². The Bertz CT molecular complexity index is 807. The lowest BCUT2D eigenvalue weighted by molar-refractivity contribution is -0.0498. The Morgan fingerprint density at radius 3 is 2.24 bits per heavy atom. The van der Waals surface area contributed by atoms with Crippen LogP contribution in [0.3, 0.4) is 0 Å². The van der Waals surface area contributed by atoms with Crippen LogP contribution in [0.5, 0.6) is 11.5 Å². The second-order valence-electron chi connectivity index (χ2n) is 4.70. The fraction of sp³-hybridized carbons (Fsp3) is 0.188. The molecule has 0 unspecified atom stereocenters. The molecule has 0 aliphatic carbocycles. The third-order valence-electron chi connectivity index (χ3n) is 2.94. The van der Waals surface area contributed by atoms with Gasteiger partial charge in [0.25, 0.3) is 10.0 Å². The number of halogens is 2. The van der Waals surface area contributed by atoms with Gasteiger partial charge in [-0.3, -0.25) is 0 Å². The van der Waals surface area contributed by atoms with E-state index in [0.717, 1.165) is 0 Å². The summed E-state index contributed by atoms with van der Waals surface area (Å²) in [5.41, 5.74) is 0.510. The van der Waals surface area contributed by atoms with Crippen molar-refractivity contribution in [3.05, 3.63) is 54.1 Å². The zero-order valence-electron chi connectivity index (χ0n) is 13.2. The summed E-state index contributed by atoms with van der Waals surface area (Å²) in [5.74, 6) is 0.568. The molecule has 0 saturated heterocycles. The molecule has 2 aromatic rings. The van der Waals surface area contributed by atoms with Gasteiger partial charge in [0.1, 0.15) is 11.5 Å². The van der Waals surface area contributed by atoms with E-state index in [9.17, 15) is 17.2 Å². The van der Waals surface area contributed by atoms with Crippen molar-refractivity contribution in [2.75, 3.05) is 6.61 Å². The van der Waals surface area contributed by atoms with Crippen molar-refractivity contribution in [1.82, 2.24) is 4.83 Å². The highest BCUT2D eigenvalue weighted by molar-refractivity contribution is 7.89. The van der Waals surface area contributed by atoms with Crippen molar-refractivity contribution < 1.29 is 26.7 Å². The first-order valence-electron chi connectivity index (χ1n) is 7.23. The molecule has 0 aliphatic heterocycles. The summed E-state index contributed by atoms with van der Waals surface area (Å²) in [4.78, 5) is 2.11. The number of ether oxygens (including phenoxy) is 2. The van der Waals surface area contributed by atoms with Crippen molar-refractivity contribution in [3.8, 4) is 11.5 Å². The molecule has 2 rings (SSSR count). The van der Waals surface area contributed by atoms with E-state index < -0.39 is 16.6 Å². The largest absolute Gasteiger partial charge is 0.494 e. The van der Waals surface area contributed by atoms with E-state index in [0.29, 0.717) is 17.9 Å². The van der Waals surface area contributed by atoms with Gasteiger partial charge in [0.05, 0.1) is 17.7 Å². The molecule has 134 valence electrons. The Balaban J connectivity index is 1.99. The van der Waals surface area contributed by atoms with E-state index in [1.54, 1.807) is 12.1 Å². The smallest absolute Gasteiger partial charge is 0.387 e. The number of hydrogen-bond donors (Lipinski definition) is 1. The zero-order valence-corrected chi connectivity index (χ0v) is 14.0. The van der Waals surface area contributed by atoms with Gasteiger partial charge in [0.15, 0.2) is 0 Å². The predicted molar refractivity (Wildman–Crippen MR) is 88.6 cm³/mol. The Morgan fingerprint density at radius 1 is 1.08 bits per heavy atom. The first kappa shape index (κ1) is 18.7. The number of hydrogen-bond acceptors (Lipinski definition) is 5. The van der Waals surface area contributed by atoms with E-state index in [2.05, 4.69) is 14.7 Å². The fourth-order valence-electron chi connectivity index (χ4n) is 1.84. The molecule has 0 amide bonds. The molecule has 0 heterocycles. The third kappa shape index (κ3) is 5.71. The molecule has 0 fully saturated rings. The maximum atomic E-state index is 12.1. The summed E-state index contributed by atoms with van der Waals surface area (Å²) in [6, 6.07) is 11.5. The van der Waals surface area contributed by atoms with Gasteiger partial charge in [-0.2, -0.15) is 22.3 Å². The predicted octanol–water partition coefficient (Wildman–Crippen LogP) is 3.00. The maximum absolute atomic E-state index is 12.1. The van der Waals surface area contributed by atoms with Crippen LogP contribution < -0.4 is 14.3 Å². The van der Waals surface area contributed by atoms with Gasteiger partial charge in [0.2, 0.25) is 0 Å². The SMILES string of the molecule is CCOc1ccc(S(=O)(=O)N/N=C/c2ccc(OC(F)F)cc2)cc1. The highest BCUT2D eigenvalue weighted by Crippen LogP contribution is 2.16. The molecule has 0 aromatic heterocycles. The number of benzene rings is 2. The second-order valence-corrected chi connectivity index (χ2v) is 6.37. The molecule has 0 radical (unpaired) electrons. The number of alkyl halides is 2. The van der Waals surface area contributed by atoms with Gasteiger partial charge in [-0.05, 0) is 61.0 Å². The summed E-state index contributed by atoms with van der Waals surface area (Å²) in [5, 5.41) is 3.66. The van der Waals surface area contributed by atoms with Crippen LogP contribution in [0.2, 0.25) is 0 Å². The Labute approximate surface area is 144 Å².